The van der Waals surface area contributed by atoms with Crippen molar-refractivity contribution in [3.05, 3.63) is 94.1 Å². The van der Waals surface area contributed by atoms with Crippen LogP contribution in [-0.4, -0.2) is 22.5 Å². The minimum absolute atomic E-state index is 0.0986. The second kappa shape index (κ2) is 7.66. The molecule has 3 aromatic carbocycles. The third-order valence-corrected chi connectivity index (χ3v) is 4.87. The summed E-state index contributed by atoms with van der Waals surface area (Å²) in [6.07, 6.45) is -0.238. The van der Waals surface area contributed by atoms with Gasteiger partial charge in [0, 0.05) is 22.8 Å². The van der Waals surface area contributed by atoms with Crippen LogP contribution in [0.15, 0.2) is 77.6 Å². The number of aliphatic hydroxyl groups is 1. The summed E-state index contributed by atoms with van der Waals surface area (Å²) in [6.45, 7) is 0.323. The van der Waals surface area contributed by atoms with Gasteiger partial charge in [0.05, 0.1) is 17.2 Å². The average Bonchev–Trinajstić information content (AvgIpc) is 2.74. The van der Waals surface area contributed by atoms with Gasteiger partial charge in [0.15, 0.2) is 5.43 Å². The zero-order chi connectivity index (χ0) is 19.5. The van der Waals surface area contributed by atoms with E-state index in [9.17, 15) is 14.7 Å². The summed E-state index contributed by atoms with van der Waals surface area (Å²) in [4.78, 5) is 28.7. The zero-order valence-corrected chi connectivity index (χ0v) is 15.2. The first kappa shape index (κ1) is 17.9. The fourth-order valence-corrected chi connectivity index (χ4v) is 3.39. The van der Waals surface area contributed by atoms with Crippen molar-refractivity contribution in [3.63, 3.8) is 0 Å². The standard InChI is InChI=1S/C23H20N2O3/c26-20(15-7-2-1-3-8-15)13-14-24-23(28)18-11-6-10-17-21(18)25-19-12-5-4-9-16(19)22(17)27/h1-12,20,26H,13-14H2,(H,24,28)(H,25,27). The molecule has 0 saturated carbocycles. The van der Waals surface area contributed by atoms with Gasteiger partial charge in [-0.1, -0.05) is 48.5 Å². The molecule has 1 amide bonds. The molecule has 28 heavy (non-hydrogen) atoms. The fraction of sp³-hybridized carbons (Fsp3) is 0.130. The molecule has 1 atom stereocenters. The van der Waals surface area contributed by atoms with Crippen LogP contribution in [0.25, 0.3) is 21.8 Å². The van der Waals surface area contributed by atoms with E-state index < -0.39 is 6.10 Å². The highest BCUT2D eigenvalue weighted by Gasteiger charge is 2.14. The van der Waals surface area contributed by atoms with E-state index in [0.29, 0.717) is 40.3 Å². The highest BCUT2D eigenvalue weighted by Crippen LogP contribution is 2.19. The Morgan fingerprint density at radius 2 is 1.64 bits per heavy atom. The van der Waals surface area contributed by atoms with E-state index in [-0.39, 0.29) is 11.3 Å². The number of amides is 1. The zero-order valence-electron chi connectivity index (χ0n) is 15.2. The second-order valence-corrected chi connectivity index (χ2v) is 6.70. The van der Waals surface area contributed by atoms with Crippen molar-refractivity contribution < 1.29 is 9.90 Å². The Kier molecular flexibility index (Phi) is 4.91. The number of aliphatic hydroxyl groups excluding tert-OH is 1. The number of hydrogen-bond donors (Lipinski definition) is 3. The smallest absolute Gasteiger partial charge is 0.253 e. The lowest BCUT2D eigenvalue weighted by Gasteiger charge is -2.12. The van der Waals surface area contributed by atoms with E-state index in [0.717, 1.165) is 5.56 Å². The van der Waals surface area contributed by atoms with Gasteiger partial charge >= 0.3 is 0 Å². The monoisotopic (exact) mass is 372 g/mol. The minimum Gasteiger partial charge on any atom is -0.388 e. The molecule has 0 fully saturated rings. The molecular formula is C23H20N2O3. The first-order valence-electron chi connectivity index (χ1n) is 9.20. The molecule has 140 valence electrons. The van der Waals surface area contributed by atoms with Gasteiger partial charge in [-0.15, -0.1) is 0 Å². The number of fused-ring (bicyclic) bond motifs is 2. The molecule has 0 spiro atoms. The van der Waals surface area contributed by atoms with Crippen molar-refractivity contribution in [2.45, 2.75) is 12.5 Å². The van der Waals surface area contributed by atoms with Crippen LogP contribution in [0.5, 0.6) is 0 Å². The third-order valence-electron chi connectivity index (χ3n) is 4.87. The van der Waals surface area contributed by atoms with Gasteiger partial charge in [0.25, 0.3) is 5.91 Å². The molecule has 4 aromatic rings. The van der Waals surface area contributed by atoms with E-state index in [1.807, 2.05) is 48.5 Å². The number of carbonyl (C=O) groups excluding carboxylic acids is 1. The van der Waals surface area contributed by atoms with Crippen LogP contribution in [0, 0.1) is 0 Å². The average molecular weight is 372 g/mol. The summed E-state index contributed by atoms with van der Waals surface area (Å²) < 4.78 is 0. The Morgan fingerprint density at radius 1 is 0.929 bits per heavy atom. The number of pyridine rings is 1. The van der Waals surface area contributed by atoms with Crippen LogP contribution in [0.4, 0.5) is 0 Å². The number of H-pyrrole nitrogens is 1. The van der Waals surface area contributed by atoms with E-state index in [1.165, 1.54) is 0 Å². The lowest BCUT2D eigenvalue weighted by Crippen LogP contribution is -2.26. The molecule has 3 N–H and O–H groups in total. The molecule has 1 heterocycles. The summed E-state index contributed by atoms with van der Waals surface area (Å²) >= 11 is 0. The summed E-state index contributed by atoms with van der Waals surface area (Å²) in [7, 11) is 0. The number of aromatic nitrogens is 1. The lowest BCUT2D eigenvalue weighted by atomic mass is 10.1. The summed E-state index contributed by atoms with van der Waals surface area (Å²) in [5.74, 6) is -0.281. The molecule has 0 aliphatic rings. The Labute approximate surface area is 161 Å². The molecule has 1 aromatic heterocycles. The molecule has 0 aliphatic carbocycles. The van der Waals surface area contributed by atoms with Crippen molar-refractivity contribution in [1.29, 1.82) is 0 Å². The highest BCUT2D eigenvalue weighted by atomic mass is 16.3. The minimum atomic E-state index is -0.641. The molecule has 1 unspecified atom stereocenters. The van der Waals surface area contributed by atoms with Gasteiger partial charge in [-0.2, -0.15) is 0 Å². The molecular weight excluding hydrogens is 352 g/mol. The SMILES string of the molecule is O=C(NCCC(O)c1ccccc1)c1cccc2c(=O)c3ccccc3[nH]c12. The Hall–Kier alpha value is -3.44. The Morgan fingerprint density at radius 3 is 2.46 bits per heavy atom. The fourth-order valence-electron chi connectivity index (χ4n) is 3.39. The van der Waals surface area contributed by atoms with Crippen molar-refractivity contribution in [2.75, 3.05) is 6.54 Å². The van der Waals surface area contributed by atoms with Gasteiger partial charge in [0.2, 0.25) is 0 Å². The number of aromatic amines is 1. The van der Waals surface area contributed by atoms with Crippen LogP contribution < -0.4 is 10.7 Å². The second-order valence-electron chi connectivity index (χ2n) is 6.70. The van der Waals surface area contributed by atoms with Crippen LogP contribution in [0.1, 0.15) is 28.4 Å². The first-order valence-corrected chi connectivity index (χ1v) is 9.20. The van der Waals surface area contributed by atoms with E-state index in [4.69, 9.17) is 0 Å². The predicted molar refractivity (Wildman–Crippen MR) is 110 cm³/mol. The first-order chi connectivity index (χ1) is 13.6. The molecule has 0 bridgehead atoms. The molecule has 5 heteroatoms. The number of hydrogen-bond acceptors (Lipinski definition) is 3. The van der Waals surface area contributed by atoms with Crippen LogP contribution in [0.3, 0.4) is 0 Å². The third kappa shape index (κ3) is 3.40. The molecule has 0 saturated heterocycles. The van der Waals surface area contributed by atoms with Crippen molar-refractivity contribution >= 4 is 27.7 Å². The number of rotatable bonds is 5. The van der Waals surface area contributed by atoms with Gasteiger partial charge < -0.3 is 15.4 Å². The summed E-state index contributed by atoms with van der Waals surface area (Å²) in [6, 6.07) is 21.7. The molecule has 0 radical (unpaired) electrons. The van der Waals surface area contributed by atoms with Crippen molar-refractivity contribution in [1.82, 2.24) is 10.3 Å². The van der Waals surface area contributed by atoms with Gasteiger partial charge in [0.1, 0.15) is 0 Å². The van der Waals surface area contributed by atoms with E-state index in [1.54, 1.807) is 24.3 Å². The van der Waals surface area contributed by atoms with Gasteiger partial charge in [-0.25, -0.2) is 0 Å². The number of nitrogens with one attached hydrogen (secondary N) is 2. The van der Waals surface area contributed by atoms with Crippen molar-refractivity contribution in [3.8, 4) is 0 Å². The largest absolute Gasteiger partial charge is 0.388 e. The summed E-state index contributed by atoms with van der Waals surface area (Å²) in [5.41, 5.74) is 2.35. The molecule has 5 nitrogen and oxygen atoms in total. The lowest BCUT2D eigenvalue weighted by molar-refractivity contribution is 0.0944. The molecule has 0 aliphatic heterocycles. The number of benzene rings is 3. The van der Waals surface area contributed by atoms with Crippen molar-refractivity contribution in [2.24, 2.45) is 0 Å². The number of carbonyl (C=O) groups is 1. The topological polar surface area (TPSA) is 82.2 Å². The van der Waals surface area contributed by atoms with E-state index >= 15 is 0 Å². The normalized spacial score (nSPS) is 12.2. The highest BCUT2D eigenvalue weighted by molar-refractivity contribution is 6.07. The van der Waals surface area contributed by atoms with Gasteiger partial charge in [-0.3, -0.25) is 9.59 Å². The van der Waals surface area contributed by atoms with E-state index in [2.05, 4.69) is 10.3 Å². The predicted octanol–water partition coefficient (Wildman–Crippen LogP) is 3.53. The maximum Gasteiger partial charge on any atom is 0.253 e. The van der Waals surface area contributed by atoms with Crippen LogP contribution >= 0.6 is 0 Å². The summed E-state index contributed by atoms with van der Waals surface area (Å²) in [5, 5.41) is 14.1. The van der Waals surface area contributed by atoms with Crippen LogP contribution in [0.2, 0.25) is 0 Å². The van der Waals surface area contributed by atoms with Crippen LogP contribution in [-0.2, 0) is 0 Å². The van der Waals surface area contributed by atoms with Gasteiger partial charge in [-0.05, 0) is 36.2 Å². The maximum atomic E-state index is 12.7. The number of para-hydroxylation sites is 2. The maximum absolute atomic E-state index is 12.7. The Bertz CT molecular complexity index is 1200. The Balaban J connectivity index is 1.57. The quantitative estimate of drug-likeness (QED) is 0.469. The molecule has 4 rings (SSSR count).